The summed E-state index contributed by atoms with van der Waals surface area (Å²) >= 11 is 0. The van der Waals surface area contributed by atoms with Gasteiger partial charge in [0.2, 0.25) is 0 Å². The number of nitrogens with one attached hydrogen (secondary N) is 1. The molecule has 122 valence electrons. The molecular weight excluding hydrogens is 326 g/mol. The van der Waals surface area contributed by atoms with Crippen LogP contribution in [0.5, 0.6) is 0 Å². The van der Waals surface area contributed by atoms with E-state index in [9.17, 15) is 41.3 Å². The average Bonchev–Trinajstić information content (AvgIpc) is 2.35. The molecule has 12 heteroatoms. The third-order valence-corrected chi connectivity index (χ3v) is 2.46. The summed E-state index contributed by atoms with van der Waals surface area (Å²) in [6.45, 7) is 0. The predicted molar refractivity (Wildman–Crippen MR) is 57.6 cm³/mol. The minimum atomic E-state index is -6.29. The van der Waals surface area contributed by atoms with Crippen LogP contribution in [0.4, 0.5) is 32.0 Å². The van der Waals surface area contributed by atoms with Gasteiger partial charge in [-0.2, -0.15) is 26.3 Å². The molecule has 1 aromatic rings. The van der Waals surface area contributed by atoms with Crippen LogP contribution in [0.1, 0.15) is 10.4 Å². The maximum Gasteiger partial charge on any atom is 0.446 e. The standard InChI is InChI=1S/C10H6F6N2O4/c11-9(12,13)8(20,10(14,15)16)17-7(19)5-3-1-2-4-6(5)18(21)22/h1-4,20H,(H,17,19). The molecule has 6 nitrogen and oxygen atoms in total. The summed E-state index contributed by atoms with van der Waals surface area (Å²) in [5, 5.41) is 19.7. The van der Waals surface area contributed by atoms with Gasteiger partial charge in [-0.05, 0) is 6.07 Å². The summed E-state index contributed by atoms with van der Waals surface area (Å²) in [7, 11) is 0. The molecule has 0 saturated carbocycles. The Labute approximate surface area is 117 Å². The first-order valence-electron chi connectivity index (χ1n) is 5.23. The van der Waals surface area contributed by atoms with Crippen molar-refractivity contribution < 1.29 is 41.2 Å². The molecule has 0 bridgehead atoms. The second-order valence-corrected chi connectivity index (χ2v) is 3.93. The summed E-state index contributed by atoms with van der Waals surface area (Å²) in [6, 6.07) is 3.38. The van der Waals surface area contributed by atoms with Gasteiger partial charge in [-0.3, -0.25) is 14.9 Å². The molecule has 0 aromatic heterocycles. The van der Waals surface area contributed by atoms with Gasteiger partial charge in [-0.15, -0.1) is 0 Å². The monoisotopic (exact) mass is 332 g/mol. The van der Waals surface area contributed by atoms with Crippen molar-refractivity contribution >= 4 is 11.6 Å². The zero-order chi connectivity index (χ0) is 17.3. The fraction of sp³-hybridized carbons (Fsp3) is 0.300. The summed E-state index contributed by atoms with van der Waals surface area (Å²) in [5.74, 6) is -2.11. The number of aliphatic hydroxyl groups is 1. The van der Waals surface area contributed by atoms with Crippen LogP contribution in [-0.4, -0.2) is 34.0 Å². The Balaban J connectivity index is 3.28. The molecule has 22 heavy (non-hydrogen) atoms. The number of benzene rings is 1. The minimum absolute atomic E-state index is 0.347. The first-order valence-corrected chi connectivity index (χ1v) is 5.23. The van der Waals surface area contributed by atoms with E-state index in [4.69, 9.17) is 5.11 Å². The third-order valence-electron chi connectivity index (χ3n) is 2.46. The maximum absolute atomic E-state index is 12.4. The van der Waals surface area contributed by atoms with Crippen LogP contribution in [-0.2, 0) is 0 Å². The lowest BCUT2D eigenvalue weighted by molar-refractivity contribution is -0.385. The highest BCUT2D eigenvalue weighted by atomic mass is 19.4. The fourth-order valence-corrected chi connectivity index (χ4v) is 1.36. The molecule has 0 atom stereocenters. The summed E-state index contributed by atoms with van der Waals surface area (Å²) in [5.41, 5.74) is -7.63. The number of alkyl halides is 6. The molecule has 0 heterocycles. The zero-order valence-electron chi connectivity index (χ0n) is 10.2. The highest BCUT2D eigenvalue weighted by Crippen LogP contribution is 2.41. The molecule has 1 aromatic carbocycles. The van der Waals surface area contributed by atoms with E-state index < -0.39 is 40.2 Å². The van der Waals surface area contributed by atoms with Crippen molar-refractivity contribution in [3.63, 3.8) is 0 Å². The Morgan fingerprint density at radius 1 is 1.09 bits per heavy atom. The van der Waals surface area contributed by atoms with E-state index in [1.54, 1.807) is 0 Å². The number of halogens is 6. The van der Waals surface area contributed by atoms with Gasteiger partial charge in [0.15, 0.2) is 0 Å². The minimum Gasteiger partial charge on any atom is -0.357 e. The lowest BCUT2D eigenvalue weighted by Crippen LogP contribution is -2.67. The Bertz CT molecular complexity index is 584. The van der Waals surface area contributed by atoms with Gasteiger partial charge in [0.05, 0.1) is 4.92 Å². The number of nitro groups is 1. The van der Waals surface area contributed by atoms with Crippen molar-refractivity contribution in [3.8, 4) is 0 Å². The van der Waals surface area contributed by atoms with E-state index >= 15 is 0 Å². The Kier molecular flexibility index (Phi) is 4.37. The highest BCUT2D eigenvalue weighted by molar-refractivity contribution is 5.98. The van der Waals surface area contributed by atoms with Crippen LogP contribution < -0.4 is 5.32 Å². The Morgan fingerprint density at radius 2 is 1.55 bits per heavy atom. The van der Waals surface area contributed by atoms with E-state index in [1.807, 2.05) is 0 Å². The summed E-state index contributed by atoms with van der Waals surface area (Å²) in [6.07, 6.45) is -12.6. The van der Waals surface area contributed by atoms with Gasteiger partial charge in [0, 0.05) is 6.07 Å². The number of hydrogen-bond acceptors (Lipinski definition) is 4. The molecule has 0 spiro atoms. The largest absolute Gasteiger partial charge is 0.446 e. The number of carbonyl (C=O) groups is 1. The molecule has 1 amide bonds. The first-order chi connectivity index (χ1) is 9.81. The molecule has 0 saturated heterocycles. The van der Waals surface area contributed by atoms with Crippen molar-refractivity contribution in [3.05, 3.63) is 39.9 Å². The zero-order valence-corrected chi connectivity index (χ0v) is 10.2. The molecule has 0 radical (unpaired) electrons. The van der Waals surface area contributed by atoms with E-state index in [-0.39, 0.29) is 0 Å². The van der Waals surface area contributed by atoms with Crippen LogP contribution >= 0.6 is 0 Å². The van der Waals surface area contributed by atoms with E-state index in [2.05, 4.69) is 0 Å². The second-order valence-electron chi connectivity index (χ2n) is 3.93. The number of hydrogen-bond donors (Lipinski definition) is 2. The molecule has 0 aliphatic rings. The van der Waals surface area contributed by atoms with Gasteiger partial charge in [0.1, 0.15) is 5.56 Å². The predicted octanol–water partition coefficient (Wildman–Crippen LogP) is 2.14. The maximum atomic E-state index is 12.4. The van der Waals surface area contributed by atoms with Crippen LogP contribution in [0.2, 0.25) is 0 Å². The first kappa shape index (κ1) is 17.7. The normalized spacial score (nSPS) is 12.9. The average molecular weight is 332 g/mol. The van der Waals surface area contributed by atoms with Gasteiger partial charge >= 0.3 is 18.1 Å². The van der Waals surface area contributed by atoms with Gasteiger partial charge in [-0.1, -0.05) is 12.1 Å². The number of rotatable bonds is 3. The smallest absolute Gasteiger partial charge is 0.357 e. The van der Waals surface area contributed by atoms with Gasteiger partial charge < -0.3 is 10.4 Å². The van der Waals surface area contributed by atoms with Crippen LogP contribution in [0.25, 0.3) is 0 Å². The van der Waals surface area contributed by atoms with Crippen LogP contribution in [0.15, 0.2) is 24.3 Å². The lowest BCUT2D eigenvalue weighted by Gasteiger charge is -2.32. The molecule has 2 N–H and O–H groups in total. The van der Waals surface area contributed by atoms with Crippen molar-refractivity contribution in [1.82, 2.24) is 5.32 Å². The third kappa shape index (κ3) is 3.10. The summed E-state index contributed by atoms with van der Waals surface area (Å²) in [4.78, 5) is 20.9. The topological polar surface area (TPSA) is 92.5 Å². The number of para-hydroxylation sites is 1. The number of nitro benzene ring substituents is 1. The molecular formula is C10H6F6N2O4. The molecule has 1 rings (SSSR count). The number of amides is 1. The number of carbonyl (C=O) groups excluding carboxylic acids is 1. The van der Waals surface area contributed by atoms with Crippen molar-refractivity contribution in [2.24, 2.45) is 0 Å². The molecule has 0 unspecified atom stereocenters. The van der Waals surface area contributed by atoms with Gasteiger partial charge in [-0.25, -0.2) is 0 Å². The van der Waals surface area contributed by atoms with Crippen LogP contribution in [0, 0.1) is 10.1 Å². The van der Waals surface area contributed by atoms with E-state index in [0.29, 0.717) is 17.4 Å². The van der Waals surface area contributed by atoms with Crippen molar-refractivity contribution in [1.29, 1.82) is 0 Å². The molecule has 0 fully saturated rings. The Hall–Kier alpha value is -2.37. The second kappa shape index (κ2) is 5.44. The van der Waals surface area contributed by atoms with Crippen LogP contribution in [0.3, 0.4) is 0 Å². The van der Waals surface area contributed by atoms with Crippen molar-refractivity contribution in [2.45, 2.75) is 18.1 Å². The highest BCUT2D eigenvalue weighted by Gasteiger charge is 2.72. The molecule has 0 aliphatic carbocycles. The fourth-order valence-electron chi connectivity index (χ4n) is 1.36. The summed E-state index contributed by atoms with van der Waals surface area (Å²) < 4.78 is 74.5. The van der Waals surface area contributed by atoms with E-state index in [1.165, 1.54) is 0 Å². The Morgan fingerprint density at radius 3 is 1.95 bits per heavy atom. The number of nitrogens with zero attached hydrogens (tertiary/aromatic N) is 1. The lowest BCUT2D eigenvalue weighted by atomic mass is 10.1. The van der Waals surface area contributed by atoms with E-state index in [0.717, 1.165) is 12.1 Å². The quantitative estimate of drug-likeness (QED) is 0.384. The molecule has 0 aliphatic heterocycles. The SMILES string of the molecule is O=C(NC(O)(C(F)(F)F)C(F)(F)F)c1ccccc1[N+](=O)[O-]. The van der Waals surface area contributed by atoms with Gasteiger partial charge in [0.25, 0.3) is 11.6 Å². The van der Waals surface area contributed by atoms with Crippen molar-refractivity contribution in [2.75, 3.05) is 0 Å².